The van der Waals surface area contributed by atoms with Crippen LogP contribution in [0.3, 0.4) is 0 Å². The fourth-order valence-electron chi connectivity index (χ4n) is 2.16. The number of carbonyl (C=O) groups excluding carboxylic acids is 1. The third kappa shape index (κ3) is 3.97. The average Bonchev–Trinajstić information content (AvgIpc) is 3.15. The third-order valence-electron chi connectivity index (χ3n) is 3.41. The lowest BCUT2D eigenvalue weighted by Gasteiger charge is -2.05. The SMILES string of the molecule is Cn1cncc1CCC(=O)Nc1ccc(-c2ccc(Cl)s2)cn1. The molecule has 1 amide bonds. The number of pyridine rings is 1. The van der Waals surface area contributed by atoms with Crippen LogP contribution in [-0.2, 0) is 18.3 Å². The van der Waals surface area contributed by atoms with Gasteiger partial charge < -0.3 is 9.88 Å². The molecular weight excluding hydrogens is 332 g/mol. The largest absolute Gasteiger partial charge is 0.338 e. The van der Waals surface area contributed by atoms with Gasteiger partial charge in [0.05, 0.1) is 10.7 Å². The second-order valence-corrected chi connectivity index (χ2v) is 6.80. The monoisotopic (exact) mass is 346 g/mol. The number of aromatic nitrogens is 3. The highest BCUT2D eigenvalue weighted by molar-refractivity contribution is 7.19. The molecule has 118 valence electrons. The summed E-state index contributed by atoms with van der Waals surface area (Å²) >= 11 is 7.43. The first-order chi connectivity index (χ1) is 11.1. The number of carbonyl (C=O) groups is 1. The number of amides is 1. The number of anilines is 1. The minimum Gasteiger partial charge on any atom is -0.338 e. The first kappa shape index (κ1) is 15.7. The Kier molecular flexibility index (Phi) is 4.73. The molecule has 0 aliphatic rings. The van der Waals surface area contributed by atoms with Gasteiger partial charge in [-0.3, -0.25) is 4.79 Å². The van der Waals surface area contributed by atoms with Crippen LogP contribution in [0.15, 0.2) is 43.0 Å². The second kappa shape index (κ2) is 6.93. The Morgan fingerprint density at radius 2 is 2.17 bits per heavy atom. The molecule has 0 aliphatic heterocycles. The van der Waals surface area contributed by atoms with Gasteiger partial charge in [-0.2, -0.15) is 0 Å². The molecule has 0 aromatic carbocycles. The maximum Gasteiger partial charge on any atom is 0.225 e. The van der Waals surface area contributed by atoms with Crippen LogP contribution in [0.5, 0.6) is 0 Å². The van der Waals surface area contributed by atoms with Crippen molar-refractivity contribution in [2.45, 2.75) is 12.8 Å². The predicted molar refractivity (Wildman–Crippen MR) is 92.7 cm³/mol. The van der Waals surface area contributed by atoms with Gasteiger partial charge in [-0.1, -0.05) is 11.6 Å². The van der Waals surface area contributed by atoms with Crippen LogP contribution in [0.1, 0.15) is 12.1 Å². The number of hydrogen-bond acceptors (Lipinski definition) is 4. The fourth-order valence-corrected chi connectivity index (χ4v) is 3.19. The summed E-state index contributed by atoms with van der Waals surface area (Å²) in [5.74, 6) is 0.483. The highest BCUT2D eigenvalue weighted by Crippen LogP contribution is 2.30. The van der Waals surface area contributed by atoms with Gasteiger partial charge in [0.15, 0.2) is 0 Å². The molecule has 0 spiro atoms. The predicted octanol–water partition coefficient (Wildman–Crippen LogP) is 3.77. The zero-order valence-electron chi connectivity index (χ0n) is 12.5. The molecular formula is C16H15ClN4OS. The molecule has 0 radical (unpaired) electrons. The summed E-state index contributed by atoms with van der Waals surface area (Å²) in [5.41, 5.74) is 2.01. The summed E-state index contributed by atoms with van der Waals surface area (Å²) in [4.78, 5) is 21.3. The van der Waals surface area contributed by atoms with E-state index in [1.54, 1.807) is 24.8 Å². The van der Waals surface area contributed by atoms with Crippen molar-refractivity contribution >= 4 is 34.7 Å². The molecule has 3 heterocycles. The molecule has 0 fully saturated rings. The van der Waals surface area contributed by atoms with Crippen LogP contribution in [0.4, 0.5) is 5.82 Å². The maximum atomic E-state index is 12.0. The van der Waals surface area contributed by atoms with Crippen molar-refractivity contribution in [1.82, 2.24) is 14.5 Å². The van der Waals surface area contributed by atoms with Gasteiger partial charge in [0.2, 0.25) is 5.91 Å². The standard InChI is InChI=1S/C16H15ClN4OS/c1-21-10-18-9-12(21)3-7-16(22)20-15-6-2-11(8-19-15)13-4-5-14(17)23-13/h2,4-6,8-10H,3,7H2,1H3,(H,19,20,22). The van der Waals surface area contributed by atoms with Crippen LogP contribution >= 0.6 is 22.9 Å². The van der Waals surface area contributed by atoms with Crippen molar-refractivity contribution in [3.05, 3.63) is 53.0 Å². The van der Waals surface area contributed by atoms with Crippen molar-refractivity contribution in [3.63, 3.8) is 0 Å². The molecule has 0 bridgehead atoms. The topological polar surface area (TPSA) is 59.8 Å². The number of nitrogens with one attached hydrogen (secondary N) is 1. The summed E-state index contributed by atoms with van der Waals surface area (Å²) in [5, 5.41) is 2.81. The van der Waals surface area contributed by atoms with Crippen molar-refractivity contribution < 1.29 is 4.79 Å². The zero-order valence-corrected chi connectivity index (χ0v) is 14.1. The van der Waals surface area contributed by atoms with E-state index < -0.39 is 0 Å². The summed E-state index contributed by atoms with van der Waals surface area (Å²) in [6.45, 7) is 0. The summed E-state index contributed by atoms with van der Waals surface area (Å²) < 4.78 is 2.65. The molecule has 5 nitrogen and oxygen atoms in total. The zero-order chi connectivity index (χ0) is 16.2. The van der Waals surface area contributed by atoms with E-state index in [1.165, 1.54) is 11.3 Å². The normalized spacial score (nSPS) is 10.7. The molecule has 0 saturated carbocycles. The number of thiophene rings is 1. The smallest absolute Gasteiger partial charge is 0.225 e. The Balaban J connectivity index is 1.57. The molecule has 3 rings (SSSR count). The van der Waals surface area contributed by atoms with E-state index in [4.69, 9.17) is 11.6 Å². The number of imidazole rings is 1. The first-order valence-electron chi connectivity index (χ1n) is 7.08. The van der Waals surface area contributed by atoms with Crippen molar-refractivity contribution in [1.29, 1.82) is 0 Å². The average molecular weight is 347 g/mol. The van der Waals surface area contributed by atoms with Crippen LogP contribution < -0.4 is 5.32 Å². The fraction of sp³-hybridized carbons (Fsp3) is 0.188. The molecule has 0 unspecified atom stereocenters. The lowest BCUT2D eigenvalue weighted by atomic mass is 10.2. The first-order valence-corrected chi connectivity index (χ1v) is 8.28. The molecule has 3 aromatic rings. The molecule has 7 heteroatoms. The van der Waals surface area contributed by atoms with Crippen LogP contribution in [0.25, 0.3) is 10.4 Å². The number of nitrogens with zero attached hydrogens (tertiary/aromatic N) is 3. The number of hydrogen-bond donors (Lipinski definition) is 1. The lowest BCUT2D eigenvalue weighted by molar-refractivity contribution is -0.116. The Bertz CT molecular complexity index is 810. The minimum absolute atomic E-state index is 0.0642. The van der Waals surface area contributed by atoms with E-state index in [1.807, 2.05) is 29.8 Å². The van der Waals surface area contributed by atoms with E-state index in [9.17, 15) is 4.79 Å². The Morgan fingerprint density at radius 3 is 2.78 bits per heavy atom. The van der Waals surface area contributed by atoms with E-state index in [-0.39, 0.29) is 5.91 Å². The lowest BCUT2D eigenvalue weighted by Crippen LogP contribution is -2.14. The van der Waals surface area contributed by atoms with Crippen LogP contribution in [0.2, 0.25) is 4.34 Å². The number of aryl methyl sites for hydroxylation is 2. The molecule has 0 aliphatic carbocycles. The summed E-state index contributed by atoms with van der Waals surface area (Å²) in [6, 6.07) is 7.53. The highest BCUT2D eigenvalue weighted by atomic mass is 35.5. The quantitative estimate of drug-likeness (QED) is 0.765. The van der Waals surface area contributed by atoms with Crippen LogP contribution in [-0.4, -0.2) is 20.4 Å². The third-order valence-corrected chi connectivity index (χ3v) is 4.69. The van der Waals surface area contributed by atoms with Crippen LogP contribution in [0, 0.1) is 0 Å². The van der Waals surface area contributed by atoms with Gasteiger partial charge in [-0.05, 0) is 30.7 Å². The van der Waals surface area contributed by atoms with Crippen molar-refractivity contribution in [3.8, 4) is 10.4 Å². The Labute approximate surface area is 143 Å². The molecule has 3 aromatic heterocycles. The molecule has 0 saturated heterocycles. The van der Waals surface area contributed by atoms with Gasteiger partial charge in [0, 0.05) is 42.0 Å². The summed E-state index contributed by atoms with van der Waals surface area (Å²) in [6.07, 6.45) is 6.27. The number of halogens is 1. The van der Waals surface area contributed by atoms with E-state index in [2.05, 4.69) is 15.3 Å². The Morgan fingerprint density at radius 1 is 1.30 bits per heavy atom. The highest BCUT2D eigenvalue weighted by Gasteiger charge is 2.07. The van der Waals surface area contributed by atoms with Gasteiger partial charge in [0.25, 0.3) is 0 Å². The summed E-state index contributed by atoms with van der Waals surface area (Å²) in [7, 11) is 1.91. The van der Waals surface area contributed by atoms with Crippen molar-refractivity contribution in [2.24, 2.45) is 7.05 Å². The maximum absolute atomic E-state index is 12.0. The molecule has 23 heavy (non-hydrogen) atoms. The van der Waals surface area contributed by atoms with Gasteiger partial charge >= 0.3 is 0 Å². The molecule has 0 atom stereocenters. The number of rotatable bonds is 5. The van der Waals surface area contributed by atoms with E-state index in [0.717, 1.165) is 20.5 Å². The second-order valence-electron chi connectivity index (χ2n) is 5.08. The van der Waals surface area contributed by atoms with Crippen molar-refractivity contribution in [2.75, 3.05) is 5.32 Å². The van der Waals surface area contributed by atoms with E-state index in [0.29, 0.717) is 18.7 Å². The minimum atomic E-state index is -0.0642. The Hall–Kier alpha value is -2.18. The van der Waals surface area contributed by atoms with E-state index >= 15 is 0 Å². The molecule has 1 N–H and O–H groups in total. The van der Waals surface area contributed by atoms with Gasteiger partial charge in [-0.15, -0.1) is 11.3 Å². The van der Waals surface area contributed by atoms with Gasteiger partial charge in [-0.25, -0.2) is 9.97 Å². The van der Waals surface area contributed by atoms with Gasteiger partial charge in [0.1, 0.15) is 5.82 Å².